The molecule has 0 bridgehead atoms. The molecule has 0 amide bonds. The van der Waals surface area contributed by atoms with Crippen LogP contribution in [0.4, 0.5) is 0 Å². The smallest absolute Gasteiger partial charge is 0.171 e. The molecule has 4 nitrogen and oxygen atoms in total. The third kappa shape index (κ3) is 2.42. The molecule has 1 aliphatic carbocycles. The van der Waals surface area contributed by atoms with Gasteiger partial charge in [-0.15, -0.1) is 10.2 Å². The van der Waals surface area contributed by atoms with E-state index in [9.17, 15) is 0 Å². The Morgan fingerprint density at radius 1 is 1.41 bits per heavy atom. The van der Waals surface area contributed by atoms with Crippen LogP contribution in [-0.4, -0.2) is 14.8 Å². The number of ether oxygens (including phenoxy) is 1. The third-order valence-corrected chi connectivity index (χ3v) is 2.99. The lowest BCUT2D eigenvalue weighted by atomic mass is 10.3. The molecule has 0 N–H and O–H groups in total. The van der Waals surface area contributed by atoms with Crippen LogP contribution in [0, 0.1) is 0 Å². The highest BCUT2D eigenvalue weighted by Gasteiger charge is 2.26. The van der Waals surface area contributed by atoms with E-state index in [4.69, 9.17) is 16.3 Å². The van der Waals surface area contributed by atoms with Crippen LogP contribution in [0.5, 0.6) is 5.75 Å². The van der Waals surface area contributed by atoms with Crippen molar-refractivity contribution >= 4 is 11.6 Å². The van der Waals surface area contributed by atoms with E-state index in [1.165, 1.54) is 12.8 Å². The van der Waals surface area contributed by atoms with Crippen molar-refractivity contribution in [3.63, 3.8) is 0 Å². The van der Waals surface area contributed by atoms with Crippen molar-refractivity contribution in [3.8, 4) is 5.75 Å². The summed E-state index contributed by atoms with van der Waals surface area (Å²) in [6.45, 7) is 0.427. The molecule has 1 saturated carbocycles. The maximum atomic E-state index is 5.88. The van der Waals surface area contributed by atoms with Gasteiger partial charge < -0.3 is 9.30 Å². The largest absolute Gasteiger partial charge is 0.486 e. The van der Waals surface area contributed by atoms with Gasteiger partial charge in [-0.1, -0.05) is 17.7 Å². The lowest BCUT2D eigenvalue weighted by Gasteiger charge is -2.07. The average molecular weight is 250 g/mol. The Labute approximate surface area is 104 Å². The minimum absolute atomic E-state index is 0.427. The predicted molar refractivity (Wildman–Crippen MR) is 64.1 cm³/mol. The number of nitrogens with zero attached hydrogens (tertiary/aromatic N) is 3. The van der Waals surface area contributed by atoms with Crippen molar-refractivity contribution in [2.75, 3.05) is 0 Å². The molecule has 88 valence electrons. The minimum Gasteiger partial charge on any atom is -0.486 e. The molecule has 1 fully saturated rings. The predicted octanol–water partition coefficient (Wildman–Crippen LogP) is 2.85. The van der Waals surface area contributed by atoms with Crippen LogP contribution in [0.25, 0.3) is 0 Å². The quantitative estimate of drug-likeness (QED) is 0.837. The van der Waals surface area contributed by atoms with Crippen molar-refractivity contribution in [2.24, 2.45) is 0 Å². The number of rotatable bonds is 4. The van der Waals surface area contributed by atoms with Crippen molar-refractivity contribution in [1.29, 1.82) is 0 Å². The van der Waals surface area contributed by atoms with Gasteiger partial charge in [0, 0.05) is 11.1 Å². The maximum Gasteiger partial charge on any atom is 0.171 e. The zero-order valence-corrected chi connectivity index (χ0v) is 9.97. The molecule has 1 aromatic heterocycles. The summed E-state index contributed by atoms with van der Waals surface area (Å²) < 4.78 is 7.73. The first-order valence-corrected chi connectivity index (χ1v) is 5.97. The maximum absolute atomic E-state index is 5.88. The molecule has 5 heteroatoms. The van der Waals surface area contributed by atoms with Crippen LogP contribution in [0.3, 0.4) is 0 Å². The van der Waals surface area contributed by atoms with Crippen molar-refractivity contribution in [1.82, 2.24) is 14.8 Å². The second-order valence-electron chi connectivity index (χ2n) is 4.13. The van der Waals surface area contributed by atoms with E-state index in [1.54, 1.807) is 12.4 Å². The zero-order chi connectivity index (χ0) is 11.7. The Morgan fingerprint density at radius 3 is 3.06 bits per heavy atom. The van der Waals surface area contributed by atoms with E-state index >= 15 is 0 Å². The fraction of sp³-hybridized carbons (Fsp3) is 0.333. The monoisotopic (exact) mass is 249 g/mol. The Hall–Kier alpha value is -1.55. The number of hydrogen-bond donors (Lipinski definition) is 0. The number of aromatic nitrogens is 3. The molecule has 17 heavy (non-hydrogen) atoms. The van der Waals surface area contributed by atoms with Gasteiger partial charge in [-0.3, -0.25) is 0 Å². The van der Waals surface area contributed by atoms with Crippen LogP contribution in [0.2, 0.25) is 5.02 Å². The van der Waals surface area contributed by atoms with Crippen LogP contribution in [0.15, 0.2) is 30.6 Å². The molecule has 2 aromatic rings. The average Bonchev–Trinajstić information content (AvgIpc) is 3.06. The van der Waals surface area contributed by atoms with Crippen LogP contribution < -0.4 is 4.74 Å². The molecule has 0 aliphatic heterocycles. The lowest BCUT2D eigenvalue weighted by Crippen LogP contribution is -2.05. The fourth-order valence-electron chi connectivity index (χ4n) is 1.73. The summed E-state index contributed by atoms with van der Waals surface area (Å²) in [6.07, 6.45) is 4.19. The molecular formula is C12H12ClN3O. The first kappa shape index (κ1) is 10.6. The summed E-state index contributed by atoms with van der Waals surface area (Å²) in [5.74, 6) is 1.62. The van der Waals surface area contributed by atoms with Gasteiger partial charge in [0.05, 0.1) is 0 Å². The molecule has 0 spiro atoms. The molecule has 1 heterocycles. The zero-order valence-electron chi connectivity index (χ0n) is 9.21. The van der Waals surface area contributed by atoms with Gasteiger partial charge in [-0.05, 0) is 31.0 Å². The molecule has 1 aliphatic rings. The van der Waals surface area contributed by atoms with Crippen LogP contribution in [0.1, 0.15) is 24.7 Å². The minimum atomic E-state index is 0.427. The molecule has 3 rings (SSSR count). The fourth-order valence-corrected chi connectivity index (χ4v) is 1.91. The van der Waals surface area contributed by atoms with Crippen molar-refractivity contribution in [3.05, 3.63) is 41.4 Å². The summed E-state index contributed by atoms with van der Waals surface area (Å²) >= 11 is 5.88. The summed E-state index contributed by atoms with van der Waals surface area (Å²) in [6, 6.07) is 7.93. The standard InChI is InChI=1S/C12H12ClN3O/c13-9-2-1-3-11(6-9)17-7-12-15-14-8-16(12)10-4-5-10/h1-3,6,8,10H,4-5,7H2. The van der Waals surface area contributed by atoms with E-state index in [0.29, 0.717) is 17.7 Å². The van der Waals surface area contributed by atoms with Crippen molar-refractivity contribution in [2.45, 2.75) is 25.5 Å². The third-order valence-electron chi connectivity index (χ3n) is 2.75. The second kappa shape index (κ2) is 4.37. The first-order valence-electron chi connectivity index (χ1n) is 5.60. The summed E-state index contributed by atoms with van der Waals surface area (Å²) in [7, 11) is 0. The highest BCUT2D eigenvalue weighted by atomic mass is 35.5. The van der Waals surface area contributed by atoms with Gasteiger partial charge in [-0.2, -0.15) is 0 Å². The summed E-state index contributed by atoms with van der Waals surface area (Å²) in [5.41, 5.74) is 0. The normalized spacial score (nSPS) is 14.9. The Morgan fingerprint density at radius 2 is 2.29 bits per heavy atom. The highest BCUT2D eigenvalue weighted by Crippen LogP contribution is 2.35. The lowest BCUT2D eigenvalue weighted by molar-refractivity contribution is 0.289. The Bertz CT molecular complexity index is 522. The van der Waals surface area contributed by atoms with E-state index < -0.39 is 0 Å². The van der Waals surface area contributed by atoms with Crippen LogP contribution >= 0.6 is 11.6 Å². The topological polar surface area (TPSA) is 39.9 Å². The molecule has 0 unspecified atom stereocenters. The van der Waals surface area contributed by atoms with Gasteiger partial charge in [0.2, 0.25) is 0 Å². The van der Waals surface area contributed by atoms with E-state index in [0.717, 1.165) is 11.6 Å². The van der Waals surface area contributed by atoms with Crippen LogP contribution in [-0.2, 0) is 6.61 Å². The number of benzene rings is 1. The second-order valence-corrected chi connectivity index (χ2v) is 4.57. The van der Waals surface area contributed by atoms with E-state index in [-0.39, 0.29) is 0 Å². The SMILES string of the molecule is Clc1cccc(OCc2nncn2C2CC2)c1. The Kier molecular flexibility index (Phi) is 2.73. The highest BCUT2D eigenvalue weighted by molar-refractivity contribution is 6.30. The van der Waals surface area contributed by atoms with Gasteiger partial charge in [0.1, 0.15) is 18.7 Å². The van der Waals surface area contributed by atoms with Gasteiger partial charge in [0.15, 0.2) is 5.82 Å². The van der Waals surface area contributed by atoms with E-state index in [2.05, 4.69) is 14.8 Å². The van der Waals surface area contributed by atoms with Crippen molar-refractivity contribution < 1.29 is 4.74 Å². The molecule has 0 saturated heterocycles. The number of halogens is 1. The number of hydrogen-bond acceptors (Lipinski definition) is 3. The molecule has 1 aromatic carbocycles. The first-order chi connectivity index (χ1) is 8.33. The Balaban J connectivity index is 1.69. The molecular weight excluding hydrogens is 238 g/mol. The van der Waals surface area contributed by atoms with Gasteiger partial charge >= 0.3 is 0 Å². The summed E-state index contributed by atoms with van der Waals surface area (Å²) in [4.78, 5) is 0. The van der Waals surface area contributed by atoms with E-state index in [1.807, 2.05) is 18.2 Å². The van der Waals surface area contributed by atoms with Gasteiger partial charge in [0.25, 0.3) is 0 Å². The molecule has 0 radical (unpaired) electrons. The summed E-state index contributed by atoms with van der Waals surface area (Å²) in [5, 5.41) is 8.66. The van der Waals surface area contributed by atoms with Gasteiger partial charge in [-0.25, -0.2) is 0 Å². The molecule has 0 atom stereocenters.